The van der Waals surface area contributed by atoms with E-state index in [1.807, 2.05) is 0 Å². The Morgan fingerprint density at radius 2 is 2.06 bits per heavy atom. The van der Waals surface area contributed by atoms with Gasteiger partial charge >= 0.3 is 0 Å². The van der Waals surface area contributed by atoms with Crippen molar-refractivity contribution in [2.45, 2.75) is 64.3 Å². The summed E-state index contributed by atoms with van der Waals surface area (Å²) in [5.41, 5.74) is 0. The molecule has 2 fully saturated rings. The van der Waals surface area contributed by atoms with E-state index in [0.29, 0.717) is 12.0 Å². The minimum absolute atomic E-state index is 0.278. The van der Waals surface area contributed by atoms with Crippen molar-refractivity contribution in [3.05, 3.63) is 0 Å². The largest absolute Gasteiger partial charge is 0.353 e. The molecule has 3 heteroatoms. The summed E-state index contributed by atoms with van der Waals surface area (Å²) >= 11 is 0. The Balaban J connectivity index is 1.68. The molecule has 104 valence electrons. The number of hydrogen-bond donors (Lipinski definition) is 2. The van der Waals surface area contributed by atoms with Crippen LogP contribution in [0.1, 0.15) is 58.3 Å². The predicted octanol–water partition coefficient (Wildman–Crippen LogP) is 2.46. The molecule has 3 nitrogen and oxygen atoms in total. The van der Waals surface area contributed by atoms with Crippen LogP contribution in [-0.2, 0) is 4.79 Å². The number of carbonyl (C=O) groups is 1. The van der Waals surface area contributed by atoms with Gasteiger partial charge in [-0.25, -0.2) is 0 Å². The van der Waals surface area contributed by atoms with E-state index in [9.17, 15) is 4.79 Å². The zero-order chi connectivity index (χ0) is 12.8. The van der Waals surface area contributed by atoms with Crippen LogP contribution in [0, 0.1) is 11.8 Å². The fourth-order valence-electron chi connectivity index (χ4n) is 3.28. The Morgan fingerprint density at radius 3 is 2.83 bits per heavy atom. The molecule has 0 bridgehead atoms. The molecule has 3 atom stereocenters. The normalized spacial score (nSPS) is 33.1. The molecule has 0 aromatic rings. The molecule has 1 saturated heterocycles. The smallest absolute Gasteiger partial charge is 0.220 e. The van der Waals surface area contributed by atoms with Crippen LogP contribution in [-0.4, -0.2) is 25.0 Å². The molecule has 1 amide bonds. The quantitative estimate of drug-likeness (QED) is 0.755. The summed E-state index contributed by atoms with van der Waals surface area (Å²) in [6, 6.07) is 0.432. The molecule has 1 aliphatic heterocycles. The van der Waals surface area contributed by atoms with Gasteiger partial charge in [0.15, 0.2) is 0 Å². The van der Waals surface area contributed by atoms with E-state index >= 15 is 0 Å². The van der Waals surface area contributed by atoms with Crippen LogP contribution in [0.4, 0.5) is 0 Å². The van der Waals surface area contributed by atoms with Crippen molar-refractivity contribution in [2.75, 3.05) is 13.1 Å². The highest BCUT2D eigenvalue weighted by atomic mass is 16.1. The second-order valence-corrected chi connectivity index (χ2v) is 6.19. The Bertz CT molecular complexity index is 261. The van der Waals surface area contributed by atoms with Crippen LogP contribution in [0.3, 0.4) is 0 Å². The molecule has 1 heterocycles. The molecule has 1 aliphatic carbocycles. The molecule has 3 unspecified atom stereocenters. The molecular weight excluding hydrogens is 224 g/mol. The fraction of sp³-hybridized carbons (Fsp3) is 0.933. The summed E-state index contributed by atoms with van der Waals surface area (Å²) in [7, 11) is 0. The highest BCUT2D eigenvalue weighted by molar-refractivity contribution is 5.76. The SMILES string of the molecule is CC1CCCCCC1NC(=O)CCC1CCNC1. The third kappa shape index (κ3) is 4.27. The van der Waals surface area contributed by atoms with Crippen LogP contribution in [0.5, 0.6) is 0 Å². The average Bonchev–Trinajstić information content (AvgIpc) is 2.80. The summed E-state index contributed by atoms with van der Waals surface area (Å²) in [4.78, 5) is 12.0. The summed E-state index contributed by atoms with van der Waals surface area (Å²) < 4.78 is 0. The lowest BCUT2D eigenvalue weighted by Crippen LogP contribution is -2.38. The Morgan fingerprint density at radius 1 is 1.22 bits per heavy atom. The minimum atomic E-state index is 0.278. The first-order valence-electron chi connectivity index (χ1n) is 7.76. The molecule has 0 radical (unpaired) electrons. The maximum Gasteiger partial charge on any atom is 0.220 e. The van der Waals surface area contributed by atoms with Gasteiger partial charge in [0.2, 0.25) is 5.91 Å². The van der Waals surface area contributed by atoms with Gasteiger partial charge < -0.3 is 10.6 Å². The van der Waals surface area contributed by atoms with E-state index in [1.165, 1.54) is 38.5 Å². The molecule has 18 heavy (non-hydrogen) atoms. The van der Waals surface area contributed by atoms with Gasteiger partial charge in [-0.3, -0.25) is 4.79 Å². The van der Waals surface area contributed by atoms with Crippen LogP contribution in [0.15, 0.2) is 0 Å². The molecule has 2 rings (SSSR count). The van der Waals surface area contributed by atoms with Crippen LogP contribution in [0.25, 0.3) is 0 Å². The second kappa shape index (κ2) is 7.13. The van der Waals surface area contributed by atoms with Crippen molar-refractivity contribution in [3.63, 3.8) is 0 Å². The maximum absolute atomic E-state index is 12.0. The van der Waals surface area contributed by atoms with Crippen molar-refractivity contribution in [1.29, 1.82) is 0 Å². The highest BCUT2D eigenvalue weighted by Crippen LogP contribution is 2.23. The first-order chi connectivity index (χ1) is 8.75. The van der Waals surface area contributed by atoms with E-state index < -0.39 is 0 Å². The van der Waals surface area contributed by atoms with Gasteiger partial charge in [0.05, 0.1) is 0 Å². The molecule has 0 aromatic heterocycles. The summed E-state index contributed by atoms with van der Waals surface area (Å²) in [6.45, 7) is 4.52. The molecule has 1 saturated carbocycles. The summed E-state index contributed by atoms with van der Waals surface area (Å²) in [5.74, 6) is 1.66. The van der Waals surface area contributed by atoms with E-state index in [-0.39, 0.29) is 5.91 Å². The van der Waals surface area contributed by atoms with Crippen LogP contribution < -0.4 is 10.6 Å². The molecule has 0 spiro atoms. The number of nitrogens with one attached hydrogen (secondary N) is 2. The first kappa shape index (κ1) is 13.9. The van der Waals surface area contributed by atoms with Crippen molar-refractivity contribution in [1.82, 2.24) is 10.6 Å². The van der Waals surface area contributed by atoms with E-state index in [4.69, 9.17) is 0 Å². The average molecular weight is 252 g/mol. The molecule has 2 N–H and O–H groups in total. The standard InChI is InChI=1S/C15H28N2O/c1-12-5-3-2-4-6-14(12)17-15(18)8-7-13-9-10-16-11-13/h12-14,16H,2-11H2,1H3,(H,17,18). The predicted molar refractivity (Wildman–Crippen MR) is 74.4 cm³/mol. The van der Waals surface area contributed by atoms with E-state index in [0.717, 1.165) is 31.8 Å². The molecule has 0 aromatic carbocycles. The lowest BCUT2D eigenvalue weighted by Gasteiger charge is -2.23. The molecular formula is C15H28N2O. The summed E-state index contributed by atoms with van der Waals surface area (Å²) in [6.07, 6.45) is 9.42. The third-order valence-corrected chi connectivity index (χ3v) is 4.65. The number of carbonyl (C=O) groups excluding carboxylic acids is 1. The highest BCUT2D eigenvalue weighted by Gasteiger charge is 2.22. The molecule has 2 aliphatic rings. The first-order valence-corrected chi connectivity index (χ1v) is 7.76. The monoisotopic (exact) mass is 252 g/mol. The van der Waals surface area contributed by atoms with Crippen LogP contribution >= 0.6 is 0 Å². The maximum atomic E-state index is 12.0. The number of amides is 1. The summed E-state index contributed by atoms with van der Waals surface area (Å²) in [5, 5.41) is 6.63. The van der Waals surface area contributed by atoms with E-state index in [2.05, 4.69) is 17.6 Å². The van der Waals surface area contributed by atoms with Gasteiger partial charge in [0, 0.05) is 12.5 Å². The van der Waals surface area contributed by atoms with Crippen molar-refractivity contribution in [3.8, 4) is 0 Å². The van der Waals surface area contributed by atoms with Crippen LogP contribution in [0.2, 0.25) is 0 Å². The van der Waals surface area contributed by atoms with Crippen molar-refractivity contribution in [2.24, 2.45) is 11.8 Å². The number of hydrogen-bond acceptors (Lipinski definition) is 2. The van der Waals surface area contributed by atoms with Gasteiger partial charge in [-0.1, -0.05) is 26.2 Å². The van der Waals surface area contributed by atoms with Crippen molar-refractivity contribution >= 4 is 5.91 Å². The zero-order valence-corrected chi connectivity index (χ0v) is 11.7. The van der Waals surface area contributed by atoms with Gasteiger partial charge in [-0.2, -0.15) is 0 Å². The van der Waals surface area contributed by atoms with Gasteiger partial charge in [0.1, 0.15) is 0 Å². The lowest BCUT2D eigenvalue weighted by atomic mass is 9.96. The van der Waals surface area contributed by atoms with Gasteiger partial charge in [-0.05, 0) is 50.6 Å². The van der Waals surface area contributed by atoms with Gasteiger partial charge in [-0.15, -0.1) is 0 Å². The van der Waals surface area contributed by atoms with E-state index in [1.54, 1.807) is 0 Å². The van der Waals surface area contributed by atoms with Crippen molar-refractivity contribution < 1.29 is 4.79 Å². The van der Waals surface area contributed by atoms with Gasteiger partial charge in [0.25, 0.3) is 0 Å². The minimum Gasteiger partial charge on any atom is -0.353 e. The Hall–Kier alpha value is -0.570. The zero-order valence-electron chi connectivity index (χ0n) is 11.7. The second-order valence-electron chi connectivity index (χ2n) is 6.19. The Kier molecular flexibility index (Phi) is 5.48. The third-order valence-electron chi connectivity index (χ3n) is 4.65. The Labute approximate surface area is 111 Å². The number of rotatable bonds is 4. The fourth-order valence-corrected chi connectivity index (χ4v) is 3.28. The lowest BCUT2D eigenvalue weighted by molar-refractivity contribution is -0.122. The topological polar surface area (TPSA) is 41.1 Å².